The molecule has 0 aromatic heterocycles. The van der Waals surface area contributed by atoms with Gasteiger partial charge >= 0.3 is 5.97 Å². The standard InChI is InChI=1S/C17H32O5Si/c1-7-19-15(18)13-12-17(20-10-11-21-17)9-8-14(13)22-23(5,6)16(2,3)4/h13-14H,7-12H2,1-6H3/t13-,14+/m1/s1. The summed E-state index contributed by atoms with van der Waals surface area (Å²) in [5.41, 5.74) is 0. The summed E-state index contributed by atoms with van der Waals surface area (Å²) < 4.78 is 23.5. The maximum absolute atomic E-state index is 12.5. The Kier molecular flexibility index (Phi) is 5.61. The summed E-state index contributed by atoms with van der Waals surface area (Å²) in [4.78, 5) is 12.5. The quantitative estimate of drug-likeness (QED) is 0.577. The molecule has 23 heavy (non-hydrogen) atoms. The van der Waals surface area contributed by atoms with E-state index in [0.29, 0.717) is 26.2 Å². The Bertz CT molecular complexity index is 423. The fraction of sp³-hybridized carbons (Fsp3) is 0.941. The molecule has 1 aliphatic heterocycles. The minimum atomic E-state index is -1.94. The zero-order valence-corrected chi connectivity index (χ0v) is 16.4. The van der Waals surface area contributed by atoms with Crippen LogP contribution >= 0.6 is 0 Å². The summed E-state index contributed by atoms with van der Waals surface area (Å²) in [7, 11) is -1.94. The van der Waals surface area contributed by atoms with E-state index in [1.165, 1.54) is 0 Å². The van der Waals surface area contributed by atoms with E-state index < -0.39 is 14.1 Å². The lowest BCUT2D eigenvalue weighted by Crippen LogP contribution is -2.52. The summed E-state index contributed by atoms with van der Waals surface area (Å²) in [6.07, 6.45) is 1.98. The maximum Gasteiger partial charge on any atom is 0.311 e. The normalized spacial score (nSPS) is 28.1. The van der Waals surface area contributed by atoms with Crippen LogP contribution in [0.1, 0.15) is 47.0 Å². The smallest absolute Gasteiger partial charge is 0.311 e. The first-order valence-electron chi connectivity index (χ1n) is 8.73. The Balaban J connectivity index is 2.15. The Labute approximate surface area is 141 Å². The summed E-state index contributed by atoms with van der Waals surface area (Å²) in [6.45, 7) is 14.5. The Morgan fingerprint density at radius 2 is 1.87 bits per heavy atom. The molecule has 1 aliphatic carbocycles. The number of rotatable bonds is 4. The number of hydrogen-bond donors (Lipinski definition) is 0. The van der Waals surface area contributed by atoms with Gasteiger partial charge in [-0.25, -0.2) is 0 Å². The molecule has 2 rings (SSSR count). The number of carbonyl (C=O) groups excluding carboxylic acids is 1. The molecule has 1 spiro atoms. The van der Waals surface area contributed by atoms with Crippen LogP contribution in [0.4, 0.5) is 0 Å². The number of carbonyl (C=O) groups is 1. The first kappa shape index (κ1) is 18.9. The van der Waals surface area contributed by atoms with E-state index in [4.69, 9.17) is 18.6 Å². The number of hydrogen-bond acceptors (Lipinski definition) is 5. The highest BCUT2D eigenvalue weighted by Crippen LogP contribution is 2.44. The van der Waals surface area contributed by atoms with Gasteiger partial charge in [-0.1, -0.05) is 20.8 Å². The van der Waals surface area contributed by atoms with Gasteiger partial charge in [0.15, 0.2) is 14.1 Å². The molecule has 1 saturated carbocycles. The van der Waals surface area contributed by atoms with Gasteiger partial charge < -0.3 is 18.6 Å². The molecular weight excluding hydrogens is 312 g/mol. The van der Waals surface area contributed by atoms with Crippen LogP contribution in [0.25, 0.3) is 0 Å². The second kappa shape index (κ2) is 6.82. The summed E-state index contributed by atoms with van der Waals surface area (Å²) >= 11 is 0. The number of esters is 1. The fourth-order valence-electron chi connectivity index (χ4n) is 3.07. The van der Waals surface area contributed by atoms with Crippen LogP contribution in [0.2, 0.25) is 18.1 Å². The third-order valence-corrected chi connectivity index (χ3v) is 9.95. The lowest BCUT2D eigenvalue weighted by Gasteiger charge is -2.45. The molecule has 1 heterocycles. The third kappa shape index (κ3) is 4.16. The van der Waals surface area contributed by atoms with E-state index >= 15 is 0 Å². The van der Waals surface area contributed by atoms with Crippen LogP contribution in [0.3, 0.4) is 0 Å². The number of ether oxygens (including phenoxy) is 3. The highest BCUT2D eigenvalue weighted by Gasteiger charge is 2.51. The van der Waals surface area contributed by atoms with Gasteiger partial charge in [0.2, 0.25) is 0 Å². The maximum atomic E-state index is 12.5. The van der Waals surface area contributed by atoms with Crippen molar-refractivity contribution in [2.24, 2.45) is 5.92 Å². The van der Waals surface area contributed by atoms with Crippen molar-refractivity contribution < 1.29 is 23.4 Å². The van der Waals surface area contributed by atoms with E-state index in [9.17, 15) is 4.79 Å². The molecule has 2 atom stereocenters. The van der Waals surface area contributed by atoms with Gasteiger partial charge in [-0.05, 0) is 31.5 Å². The average molecular weight is 345 g/mol. The van der Waals surface area contributed by atoms with Crippen molar-refractivity contribution in [3.05, 3.63) is 0 Å². The minimum absolute atomic E-state index is 0.103. The molecule has 5 nitrogen and oxygen atoms in total. The van der Waals surface area contributed by atoms with Crippen LogP contribution < -0.4 is 0 Å². The molecule has 0 bridgehead atoms. The molecule has 134 valence electrons. The van der Waals surface area contributed by atoms with E-state index in [-0.39, 0.29) is 23.0 Å². The Hall–Kier alpha value is -0.433. The van der Waals surface area contributed by atoms with Crippen molar-refractivity contribution in [1.29, 1.82) is 0 Å². The van der Waals surface area contributed by atoms with E-state index in [1.54, 1.807) is 0 Å². The van der Waals surface area contributed by atoms with E-state index in [2.05, 4.69) is 33.9 Å². The summed E-state index contributed by atoms with van der Waals surface area (Å²) in [6, 6.07) is 0. The third-order valence-electron chi connectivity index (χ3n) is 5.44. The SMILES string of the molecule is CCOC(=O)[C@@H]1CC2(CC[C@@H]1O[Si](C)(C)C(C)(C)C)OCCO2. The van der Waals surface area contributed by atoms with E-state index in [0.717, 1.165) is 12.8 Å². The van der Waals surface area contributed by atoms with E-state index in [1.807, 2.05) is 6.92 Å². The molecule has 2 aliphatic rings. The second-order valence-electron chi connectivity index (χ2n) is 8.13. The molecule has 1 saturated heterocycles. The van der Waals surface area contributed by atoms with Crippen LogP contribution in [0.15, 0.2) is 0 Å². The highest BCUT2D eigenvalue weighted by molar-refractivity contribution is 6.74. The molecule has 0 aromatic carbocycles. The summed E-state index contributed by atoms with van der Waals surface area (Å²) in [5, 5.41) is 0.113. The molecule has 0 N–H and O–H groups in total. The second-order valence-corrected chi connectivity index (χ2v) is 12.9. The zero-order valence-electron chi connectivity index (χ0n) is 15.4. The molecule has 0 aromatic rings. The van der Waals surface area contributed by atoms with Gasteiger partial charge in [-0.15, -0.1) is 0 Å². The molecule has 0 radical (unpaired) electrons. The fourth-order valence-corrected chi connectivity index (χ4v) is 4.46. The Morgan fingerprint density at radius 1 is 1.26 bits per heavy atom. The van der Waals surface area contributed by atoms with Gasteiger partial charge in [0, 0.05) is 12.8 Å². The molecule has 0 unspecified atom stereocenters. The van der Waals surface area contributed by atoms with Crippen LogP contribution in [-0.4, -0.2) is 46.0 Å². The van der Waals surface area contributed by atoms with Crippen LogP contribution in [-0.2, 0) is 23.4 Å². The lowest BCUT2D eigenvalue weighted by atomic mass is 9.82. The molecule has 2 fully saturated rings. The van der Waals surface area contributed by atoms with Crippen molar-refractivity contribution in [2.75, 3.05) is 19.8 Å². The highest BCUT2D eigenvalue weighted by atomic mass is 28.4. The topological polar surface area (TPSA) is 54.0 Å². The molecule has 0 amide bonds. The zero-order chi connectivity index (χ0) is 17.3. The van der Waals surface area contributed by atoms with Crippen molar-refractivity contribution in [3.63, 3.8) is 0 Å². The first-order valence-corrected chi connectivity index (χ1v) is 11.6. The van der Waals surface area contributed by atoms with Gasteiger partial charge in [0.05, 0.1) is 31.8 Å². The van der Waals surface area contributed by atoms with Crippen LogP contribution in [0, 0.1) is 5.92 Å². The average Bonchev–Trinajstić information content (AvgIpc) is 2.88. The predicted octanol–water partition coefficient (Wildman–Crippen LogP) is 3.48. The van der Waals surface area contributed by atoms with Gasteiger partial charge in [-0.2, -0.15) is 0 Å². The lowest BCUT2D eigenvalue weighted by molar-refractivity contribution is -0.208. The van der Waals surface area contributed by atoms with Crippen molar-refractivity contribution in [1.82, 2.24) is 0 Å². The van der Waals surface area contributed by atoms with Crippen molar-refractivity contribution in [3.8, 4) is 0 Å². The first-order chi connectivity index (χ1) is 10.6. The summed E-state index contributed by atoms with van der Waals surface area (Å²) in [5.74, 6) is -1.10. The predicted molar refractivity (Wildman–Crippen MR) is 90.7 cm³/mol. The van der Waals surface area contributed by atoms with Gasteiger partial charge in [0.1, 0.15) is 0 Å². The molecular formula is C17H32O5Si. The monoisotopic (exact) mass is 344 g/mol. The minimum Gasteiger partial charge on any atom is -0.466 e. The molecule has 6 heteroatoms. The largest absolute Gasteiger partial charge is 0.466 e. The Morgan fingerprint density at radius 3 is 2.39 bits per heavy atom. The van der Waals surface area contributed by atoms with Crippen molar-refractivity contribution >= 4 is 14.3 Å². The van der Waals surface area contributed by atoms with Gasteiger partial charge in [0.25, 0.3) is 0 Å². The van der Waals surface area contributed by atoms with Crippen LogP contribution in [0.5, 0.6) is 0 Å². The van der Waals surface area contributed by atoms with Gasteiger partial charge in [-0.3, -0.25) is 4.79 Å². The van der Waals surface area contributed by atoms with Crippen molar-refractivity contribution in [2.45, 2.75) is 77.0 Å².